The smallest absolute Gasteiger partial charge is 0.277 e. The van der Waals surface area contributed by atoms with E-state index in [0.717, 1.165) is 44.6 Å². The molecule has 30 heavy (non-hydrogen) atoms. The third kappa shape index (κ3) is 6.22. The van der Waals surface area contributed by atoms with Gasteiger partial charge in [-0.3, -0.25) is 14.6 Å². The fraction of sp³-hybridized carbons (Fsp3) is 0.455. The monoisotopic (exact) mass is 416 g/mol. The van der Waals surface area contributed by atoms with E-state index >= 15 is 0 Å². The summed E-state index contributed by atoms with van der Waals surface area (Å²) < 4.78 is 19.3. The summed E-state index contributed by atoms with van der Waals surface area (Å²) in [4.78, 5) is 21.0. The van der Waals surface area contributed by atoms with Gasteiger partial charge in [-0.25, -0.2) is 9.37 Å². The molecule has 1 aliphatic rings. The third-order valence-corrected chi connectivity index (χ3v) is 5.15. The van der Waals surface area contributed by atoms with Crippen molar-refractivity contribution >= 4 is 11.6 Å². The molecule has 1 unspecified atom stereocenters. The van der Waals surface area contributed by atoms with Crippen molar-refractivity contribution in [1.29, 1.82) is 0 Å². The van der Waals surface area contributed by atoms with E-state index in [1.165, 1.54) is 12.3 Å². The molecular formula is C22H29FN4O3. The fourth-order valence-electron chi connectivity index (χ4n) is 3.43. The van der Waals surface area contributed by atoms with E-state index in [1.54, 1.807) is 12.1 Å². The molecule has 1 amide bonds. The second-order valence-electron chi connectivity index (χ2n) is 7.66. The number of halogens is 1. The highest BCUT2D eigenvalue weighted by molar-refractivity contribution is 6.02. The maximum atomic E-state index is 13.8. The van der Waals surface area contributed by atoms with Crippen LogP contribution in [0.5, 0.6) is 0 Å². The Morgan fingerprint density at radius 2 is 2.10 bits per heavy atom. The minimum absolute atomic E-state index is 0.120. The number of oxazole rings is 1. The van der Waals surface area contributed by atoms with E-state index in [4.69, 9.17) is 4.42 Å². The summed E-state index contributed by atoms with van der Waals surface area (Å²) in [5.41, 5.74) is 1.09. The van der Waals surface area contributed by atoms with Crippen LogP contribution < -0.4 is 5.32 Å². The first-order valence-corrected chi connectivity index (χ1v) is 10.2. The van der Waals surface area contributed by atoms with E-state index in [-0.39, 0.29) is 17.5 Å². The molecule has 1 aliphatic heterocycles. The van der Waals surface area contributed by atoms with Crippen molar-refractivity contribution in [3.8, 4) is 0 Å². The zero-order valence-corrected chi connectivity index (χ0v) is 17.3. The highest BCUT2D eigenvalue weighted by atomic mass is 19.1. The number of carbonyl (C=O) groups is 1. The standard InChI is InChI=1S/C22H29FN4O3/c1-3-4-5-17(28)13-26-8-10-27(11-9-26)14-21-24-20(15-30-21)22(29)25-19-12-16(2)6-7-18(19)23/h3,6-7,12,15,17,28H,1,4-5,8-11,13-14H2,2H3,(H,25,29). The predicted molar refractivity (Wildman–Crippen MR) is 113 cm³/mol. The first kappa shape index (κ1) is 22.1. The van der Waals surface area contributed by atoms with E-state index < -0.39 is 11.7 Å². The molecule has 7 nitrogen and oxygen atoms in total. The fourth-order valence-corrected chi connectivity index (χ4v) is 3.43. The number of aromatic nitrogens is 1. The molecule has 162 valence electrons. The molecule has 1 saturated heterocycles. The Labute approximate surface area is 176 Å². The van der Waals surface area contributed by atoms with Gasteiger partial charge in [-0.1, -0.05) is 12.1 Å². The largest absolute Gasteiger partial charge is 0.447 e. The molecule has 2 N–H and O–H groups in total. The van der Waals surface area contributed by atoms with Crippen LogP contribution in [-0.4, -0.2) is 64.6 Å². The Bertz CT molecular complexity index is 862. The van der Waals surface area contributed by atoms with Gasteiger partial charge >= 0.3 is 0 Å². The van der Waals surface area contributed by atoms with Crippen LogP contribution in [0.4, 0.5) is 10.1 Å². The van der Waals surface area contributed by atoms with Gasteiger partial charge in [-0.05, 0) is 37.5 Å². The zero-order chi connectivity index (χ0) is 21.5. The Balaban J connectivity index is 1.47. The highest BCUT2D eigenvalue weighted by Gasteiger charge is 2.21. The van der Waals surface area contributed by atoms with Gasteiger partial charge < -0.3 is 14.8 Å². The van der Waals surface area contributed by atoms with Gasteiger partial charge in [-0.2, -0.15) is 0 Å². The summed E-state index contributed by atoms with van der Waals surface area (Å²) in [5, 5.41) is 12.6. The van der Waals surface area contributed by atoms with Crippen molar-refractivity contribution in [3.63, 3.8) is 0 Å². The predicted octanol–water partition coefficient (Wildman–Crippen LogP) is 2.82. The quantitative estimate of drug-likeness (QED) is 0.612. The van der Waals surface area contributed by atoms with Crippen molar-refractivity contribution in [2.24, 2.45) is 0 Å². The van der Waals surface area contributed by atoms with Gasteiger partial charge in [-0.15, -0.1) is 6.58 Å². The lowest BCUT2D eigenvalue weighted by molar-refractivity contribution is 0.0642. The molecule has 1 aromatic carbocycles. The van der Waals surface area contributed by atoms with Crippen LogP contribution >= 0.6 is 0 Å². The SMILES string of the molecule is C=CCCC(O)CN1CCN(Cc2nc(C(=O)Nc3cc(C)ccc3F)co2)CC1. The molecule has 2 aromatic rings. The molecular weight excluding hydrogens is 387 g/mol. The normalized spacial score (nSPS) is 16.4. The summed E-state index contributed by atoms with van der Waals surface area (Å²) in [6.07, 6.45) is 4.34. The number of nitrogens with one attached hydrogen (secondary N) is 1. The van der Waals surface area contributed by atoms with Crippen molar-refractivity contribution in [1.82, 2.24) is 14.8 Å². The van der Waals surface area contributed by atoms with Gasteiger partial charge in [0.05, 0.1) is 18.3 Å². The molecule has 0 spiro atoms. The van der Waals surface area contributed by atoms with Crippen LogP contribution in [-0.2, 0) is 6.54 Å². The van der Waals surface area contributed by atoms with E-state index in [2.05, 4.69) is 26.7 Å². The summed E-state index contributed by atoms with van der Waals surface area (Å²) in [6, 6.07) is 4.53. The number of aliphatic hydroxyl groups is 1. The molecule has 0 bridgehead atoms. The minimum atomic E-state index is -0.507. The summed E-state index contributed by atoms with van der Waals surface area (Å²) >= 11 is 0. The second kappa shape index (κ2) is 10.5. The maximum Gasteiger partial charge on any atom is 0.277 e. The number of amides is 1. The van der Waals surface area contributed by atoms with Crippen molar-refractivity contribution in [3.05, 3.63) is 60.1 Å². The maximum absolute atomic E-state index is 13.8. The number of hydrogen-bond acceptors (Lipinski definition) is 6. The number of benzene rings is 1. The minimum Gasteiger partial charge on any atom is -0.447 e. The van der Waals surface area contributed by atoms with Crippen LogP contribution in [0.2, 0.25) is 0 Å². The van der Waals surface area contributed by atoms with Crippen LogP contribution in [0, 0.1) is 12.7 Å². The number of aryl methyl sites for hydroxylation is 1. The Morgan fingerprint density at radius 3 is 2.83 bits per heavy atom. The number of hydrogen-bond donors (Lipinski definition) is 2. The average Bonchev–Trinajstić information content (AvgIpc) is 3.19. The van der Waals surface area contributed by atoms with E-state index in [0.29, 0.717) is 19.0 Å². The lowest BCUT2D eigenvalue weighted by Gasteiger charge is -2.34. The number of anilines is 1. The molecule has 8 heteroatoms. The van der Waals surface area contributed by atoms with Gasteiger partial charge in [0.15, 0.2) is 5.69 Å². The summed E-state index contributed by atoms with van der Waals surface area (Å²) in [6.45, 7) is 10.0. The molecule has 1 atom stereocenters. The molecule has 0 saturated carbocycles. The zero-order valence-electron chi connectivity index (χ0n) is 17.3. The van der Waals surface area contributed by atoms with Crippen LogP contribution in [0.1, 0.15) is 34.8 Å². The average molecular weight is 416 g/mol. The number of piperazine rings is 1. The first-order valence-electron chi connectivity index (χ1n) is 10.2. The molecule has 1 aromatic heterocycles. The molecule has 1 fully saturated rings. The molecule has 0 aliphatic carbocycles. The van der Waals surface area contributed by atoms with Gasteiger partial charge in [0.1, 0.15) is 12.1 Å². The number of nitrogens with zero attached hydrogens (tertiary/aromatic N) is 3. The highest BCUT2D eigenvalue weighted by Crippen LogP contribution is 2.17. The number of carbonyl (C=O) groups excluding carboxylic acids is 1. The van der Waals surface area contributed by atoms with Gasteiger partial charge in [0, 0.05) is 32.7 Å². The van der Waals surface area contributed by atoms with Gasteiger partial charge in [0.2, 0.25) is 5.89 Å². The Kier molecular flexibility index (Phi) is 7.73. The van der Waals surface area contributed by atoms with E-state index in [1.807, 2.05) is 13.0 Å². The number of rotatable bonds is 9. The van der Waals surface area contributed by atoms with E-state index in [9.17, 15) is 14.3 Å². The van der Waals surface area contributed by atoms with Crippen molar-refractivity contribution in [2.45, 2.75) is 32.4 Å². The number of allylic oxidation sites excluding steroid dienone is 1. The van der Waals surface area contributed by atoms with Crippen molar-refractivity contribution in [2.75, 3.05) is 38.0 Å². The lowest BCUT2D eigenvalue weighted by Crippen LogP contribution is -2.48. The Morgan fingerprint density at radius 1 is 1.37 bits per heavy atom. The van der Waals surface area contributed by atoms with Gasteiger partial charge in [0.25, 0.3) is 5.91 Å². The van der Waals surface area contributed by atoms with Crippen LogP contribution in [0.3, 0.4) is 0 Å². The lowest BCUT2D eigenvalue weighted by atomic mass is 10.1. The molecule has 0 radical (unpaired) electrons. The number of β-amino-alcohol motifs (C(OH)–C–C–N with tert-alkyl or cyclic N) is 1. The van der Waals surface area contributed by atoms with Crippen LogP contribution in [0.25, 0.3) is 0 Å². The topological polar surface area (TPSA) is 81.8 Å². The summed E-state index contributed by atoms with van der Waals surface area (Å²) in [7, 11) is 0. The van der Waals surface area contributed by atoms with Crippen LogP contribution in [0.15, 0.2) is 41.5 Å². The molecule has 3 rings (SSSR count). The molecule has 2 heterocycles. The first-order chi connectivity index (χ1) is 14.4. The summed E-state index contributed by atoms with van der Waals surface area (Å²) in [5.74, 6) is -0.553. The van der Waals surface area contributed by atoms with Crippen molar-refractivity contribution < 1.29 is 18.7 Å². The Hall–Kier alpha value is -2.55. The number of aliphatic hydroxyl groups excluding tert-OH is 1. The third-order valence-electron chi connectivity index (χ3n) is 5.15. The second-order valence-corrected chi connectivity index (χ2v) is 7.66.